The molecule has 4 fully saturated rings. The largest absolute Gasteiger partial charge is 0.460 e. The van der Waals surface area contributed by atoms with Crippen LogP contribution in [0.1, 0.15) is 162 Å². The van der Waals surface area contributed by atoms with E-state index in [4.69, 9.17) is 48.9 Å². The van der Waals surface area contributed by atoms with E-state index in [1.54, 1.807) is 0 Å². The average molecular weight is 979 g/mol. The zero-order valence-electron chi connectivity index (χ0n) is 45.1. The maximum atomic E-state index is 11.0. The Kier molecular flexibility index (Phi) is 14.0. The molecule has 20 nitrogen and oxygen atoms in total. The first kappa shape index (κ1) is 53.5. The van der Waals surface area contributed by atoms with E-state index < -0.39 is 44.3 Å². The SMILES string of the molecule is CN(c1ccc(N(C)c2nc(OC3CC(C)(C)N(O)C(C)(C)C3)nc(OC3CC(C)(C)N(O)C(C)(C)C3)n2)cc1)c1nc(OC2CC(C)(C)N(O)C(C)(C)C2)nc(OC2CC(C)(C)N(O)C(C)(C)C2)n1. The summed E-state index contributed by atoms with van der Waals surface area (Å²) in [6.07, 6.45) is 3.06. The fourth-order valence-corrected chi connectivity index (χ4v) is 11.9. The number of rotatable bonds is 12. The van der Waals surface area contributed by atoms with Crippen molar-refractivity contribution in [1.29, 1.82) is 0 Å². The van der Waals surface area contributed by atoms with Crippen LogP contribution in [0.3, 0.4) is 0 Å². The second-order valence-electron chi connectivity index (χ2n) is 25.4. The molecule has 4 saturated heterocycles. The Bertz CT molecular complexity index is 1990. The minimum Gasteiger partial charge on any atom is -0.460 e. The predicted octanol–water partition coefficient (Wildman–Crippen LogP) is 8.75. The topological polar surface area (TPSA) is 215 Å². The lowest BCUT2D eigenvalue weighted by atomic mass is 9.80. The molecule has 0 aliphatic carbocycles. The fourth-order valence-electron chi connectivity index (χ4n) is 11.9. The lowest BCUT2D eigenvalue weighted by molar-refractivity contribution is -0.255. The van der Waals surface area contributed by atoms with E-state index in [-0.39, 0.29) is 48.5 Å². The molecule has 0 amide bonds. The van der Waals surface area contributed by atoms with Crippen LogP contribution in [-0.4, -0.2) is 154 Å². The van der Waals surface area contributed by atoms with E-state index in [2.05, 4.69) is 0 Å². The normalized spacial score (nSPS) is 25.0. The molecule has 0 unspecified atom stereocenters. The summed E-state index contributed by atoms with van der Waals surface area (Å²) in [7, 11) is 3.73. The molecule has 20 heteroatoms. The van der Waals surface area contributed by atoms with Gasteiger partial charge in [0.1, 0.15) is 24.4 Å². The van der Waals surface area contributed by atoms with E-state index in [0.717, 1.165) is 11.4 Å². The lowest BCUT2D eigenvalue weighted by Crippen LogP contribution is -2.61. The van der Waals surface area contributed by atoms with Crippen molar-refractivity contribution in [2.24, 2.45) is 0 Å². The van der Waals surface area contributed by atoms with Gasteiger partial charge in [-0.3, -0.25) is 0 Å². The van der Waals surface area contributed by atoms with Gasteiger partial charge >= 0.3 is 24.0 Å². The summed E-state index contributed by atoms with van der Waals surface area (Å²) in [5.41, 5.74) is -2.98. The molecule has 4 aliphatic rings. The third-order valence-corrected chi connectivity index (χ3v) is 14.9. The van der Waals surface area contributed by atoms with Gasteiger partial charge in [0.05, 0.1) is 0 Å². The number of hydrogen-bond acceptors (Lipinski definition) is 20. The number of hydroxylamine groups is 8. The van der Waals surface area contributed by atoms with E-state index in [1.807, 2.05) is 159 Å². The summed E-state index contributed by atoms with van der Waals surface area (Å²) in [6, 6.07) is 8.20. The highest BCUT2D eigenvalue weighted by Crippen LogP contribution is 2.43. The molecular weight excluding hydrogens is 897 g/mol. The number of piperidine rings is 4. The van der Waals surface area contributed by atoms with E-state index in [9.17, 15) is 20.8 Å². The zero-order valence-corrected chi connectivity index (χ0v) is 45.1. The van der Waals surface area contributed by atoms with Crippen LogP contribution >= 0.6 is 0 Å². The maximum Gasteiger partial charge on any atom is 0.324 e. The van der Waals surface area contributed by atoms with Crippen LogP contribution < -0.4 is 28.7 Å². The van der Waals surface area contributed by atoms with Crippen LogP contribution in [0.2, 0.25) is 0 Å². The first-order valence-corrected chi connectivity index (χ1v) is 24.7. The van der Waals surface area contributed by atoms with Gasteiger partial charge in [0, 0.05) is 121 Å². The van der Waals surface area contributed by atoms with Gasteiger partial charge in [-0.15, -0.1) is 9.97 Å². The average Bonchev–Trinajstić information content (AvgIpc) is 3.21. The minimum absolute atomic E-state index is 0.110. The summed E-state index contributed by atoms with van der Waals surface area (Å²) < 4.78 is 26.3. The fraction of sp³-hybridized carbons (Fsp3) is 0.760. The van der Waals surface area contributed by atoms with E-state index >= 15 is 0 Å². The molecule has 2 aromatic heterocycles. The van der Waals surface area contributed by atoms with Crippen molar-refractivity contribution in [1.82, 2.24) is 50.2 Å². The molecule has 0 saturated carbocycles. The standard InChI is InChI=1S/C50H82N12O8/c1-43(2)23-33(24-44(3,4)59(43)63)67-39-51-37(52-40(55-39)68-34-25-45(5,6)60(64)46(7,8)26-34)57(17)31-19-21-32(22-20-31)58(18)38-53-41(69-35-27-47(9,10)61(65)48(11,12)28-35)56-42(54-38)70-36-29-49(13,14)62(66)50(15,16)30-36/h19-22,33-36,63-66H,23-30H2,1-18H3. The van der Waals surface area contributed by atoms with Crippen molar-refractivity contribution in [2.45, 2.75) is 231 Å². The Morgan fingerprint density at radius 2 is 0.529 bits per heavy atom. The Balaban J connectivity index is 1.18. The second kappa shape index (κ2) is 18.3. The Morgan fingerprint density at radius 1 is 0.357 bits per heavy atom. The van der Waals surface area contributed by atoms with Crippen LogP contribution in [0.15, 0.2) is 24.3 Å². The first-order valence-electron chi connectivity index (χ1n) is 24.7. The molecular formula is C50H82N12O8. The van der Waals surface area contributed by atoms with Gasteiger partial charge in [-0.05, 0) is 135 Å². The number of ether oxygens (including phenoxy) is 4. The predicted molar refractivity (Wildman–Crippen MR) is 264 cm³/mol. The summed E-state index contributed by atoms with van der Waals surface area (Å²) in [6.45, 7) is 31.7. The van der Waals surface area contributed by atoms with Gasteiger partial charge < -0.3 is 49.6 Å². The number of anilines is 4. The summed E-state index contributed by atoms with van der Waals surface area (Å²) in [5, 5.41) is 49.7. The monoisotopic (exact) mass is 979 g/mol. The number of nitrogens with zero attached hydrogens (tertiary/aromatic N) is 12. The Morgan fingerprint density at radius 3 is 0.700 bits per heavy atom. The maximum absolute atomic E-state index is 11.0. The highest BCUT2D eigenvalue weighted by Gasteiger charge is 2.50. The summed E-state index contributed by atoms with van der Waals surface area (Å²) in [5.74, 6) is 0.602. The molecule has 0 radical (unpaired) electrons. The van der Waals surface area contributed by atoms with Gasteiger partial charge in [-0.25, -0.2) is 0 Å². The van der Waals surface area contributed by atoms with Crippen LogP contribution in [0.25, 0.3) is 0 Å². The smallest absolute Gasteiger partial charge is 0.324 e. The summed E-state index contributed by atoms with van der Waals surface area (Å²) >= 11 is 0. The number of aromatic nitrogens is 6. The Hall–Kier alpha value is -4.28. The molecule has 7 rings (SSSR count). The van der Waals surface area contributed by atoms with Gasteiger partial charge in [0.15, 0.2) is 0 Å². The van der Waals surface area contributed by atoms with Crippen LogP contribution in [0.5, 0.6) is 24.0 Å². The molecule has 0 spiro atoms. The molecule has 70 heavy (non-hydrogen) atoms. The van der Waals surface area contributed by atoms with Crippen molar-refractivity contribution in [3.63, 3.8) is 0 Å². The minimum atomic E-state index is -0.563. The van der Waals surface area contributed by atoms with Crippen LogP contribution in [0, 0.1) is 0 Å². The van der Waals surface area contributed by atoms with Gasteiger partial charge in [0.2, 0.25) is 11.9 Å². The van der Waals surface area contributed by atoms with Gasteiger partial charge in [0.25, 0.3) is 0 Å². The molecule has 0 atom stereocenters. The molecule has 0 bridgehead atoms. The number of hydrogen-bond donors (Lipinski definition) is 4. The highest BCUT2D eigenvalue weighted by atomic mass is 16.5. The quantitative estimate of drug-likeness (QED) is 0.133. The van der Waals surface area contributed by atoms with Crippen molar-refractivity contribution >= 4 is 23.3 Å². The molecule has 390 valence electrons. The van der Waals surface area contributed by atoms with Crippen LogP contribution in [0.4, 0.5) is 23.3 Å². The third-order valence-electron chi connectivity index (χ3n) is 14.9. The molecule has 1 aromatic carbocycles. The molecule has 6 heterocycles. The van der Waals surface area contributed by atoms with E-state index in [1.165, 1.54) is 20.3 Å². The van der Waals surface area contributed by atoms with Crippen molar-refractivity contribution in [2.75, 3.05) is 23.9 Å². The van der Waals surface area contributed by atoms with Crippen molar-refractivity contribution in [3.8, 4) is 24.0 Å². The molecule has 4 N–H and O–H groups in total. The third kappa shape index (κ3) is 11.2. The van der Waals surface area contributed by atoms with Gasteiger partial charge in [-0.1, -0.05) is 0 Å². The number of benzene rings is 1. The summed E-state index contributed by atoms with van der Waals surface area (Å²) in [4.78, 5) is 32.4. The first-order chi connectivity index (χ1) is 32.0. The second-order valence-corrected chi connectivity index (χ2v) is 25.4. The highest BCUT2D eigenvalue weighted by molar-refractivity contribution is 5.64. The van der Waals surface area contributed by atoms with Gasteiger partial charge in [-0.2, -0.15) is 40.2 Å². The zero-order chi connectivity index (χ0) is 51.9. The Labute approximate surface area is 415 Å². The molecule has 3 aromatic rings. The van der Waals surface area contributed by atoms with E-state index in [0.29, 0.717) is 63.3 Å². The van der Waals surface area contributed by atoms with Crippen LogP contribution in [-0.2, 0) is 0 Å². The molecule has 4 aliphatic heterocycles. The van der Waals surface area contributed by atoms with Crippen molar-refractivity contribution < 1.29 is 39.8 Å². The lowest BCUT2D eigenvalue weighted by Gasteiger charge is -2.51. The van der Waals surface area contributed by atoms with Crippen molar-refractivity contribution in [3.05, 3.63) is 24.3 Å².